The number of aromatic nitrogens is 2. The molecule has 94 valence electrons. The molecule has 0 aliphatic carbocycles. The predicted molar refractivity (Wildman–Crippen MR) is 67.0 cm³/mol. The van der Waals surface area contributed by atoms with Crippen LogP contribution in [0.2, 0.25) is 0 Å². The average molecular weight is 254 g/mol. The highest BCUT2D eigenvalue weighted by Gasteiger charge is 2.25. The van der Waals surface area contributed by atoms with E-state index in [2.05, 4.69) is 16.5 Å². The van der Waals surface area contributed by atoms with Crippen molar-refractivity contribution in [3.63, 3.8) is 0 Å². The number of carbonyl (C=O) groups excluding carboxylic acids is 1. The van der Waals surface area contributed by atoms with E-state index >= 15 is 0 Å². The van der Waals surface area contributed by atoms with Crippen LogP contribution in [-0.2, 0) is 6.42 Å². The third-order valence-corrected chi connectivity index (χ3v) is 3.82. The molecule has 1 fully saturated rings. The predicted octanol–water partition coefficient (Wildman–Crippen LogP) is 1.05. The number of amides is 1. The molecule has 2 heterocycles. The van der Waals surface area contributed by atoms with Gasteiger partial charge in [0.05, 0.1) is 5.69 Å². The standard InChI is InChI=1S/C11H18N4OS/c1-2-3-9-10(17-14-13-9)11(16)15-6-4-8(12)5-7-15/h8H,2-7,12H2,1H3. The Kier molecular flexibility index (Phi) is 4.06. The number of piperidine rings is 1. The molecule has 0 atom stereocenters. The second kappa shape index (κ2) is 5.55. The van der Waals surface area contributed by atoms with E-state index in [1.165, 1.54) is 11.5 Å². The Hall–Kier alpha value is -1.01. The second-order valence-electron chi connectivity index (χ2n) is 4.43. The molecule has 1 aromatic heterocycles. The minimum Gasteiger partial charge on any atom is -0.338 e. The van der Waals surface area contributed by atoms with Crippen LogP contribution in [0.3, 0.4) is 0 Å². The van der Waals surface area contributed by atoms with Crippen molar-refractivity contribution < 1.29 is 4.79 Å². The maximum Gasteiger partial charge on any atom is 0.267 e. The van der Waals surface area contributed by atoms with Crippen LogP contribution in [0.25, 0.3) is 0 Å². The smallest absolute Gasteiger partial charge is 0.267 e. The number of aryl methyl sites for hydroxylation is 1. The van der Waals surface area contributed by atoms with Gasteiger partial charge in [-0.3, -0.25) is 4.79 Å². The fourth-order valence-electron chi connectivity index (χ4n) is 2.02. The van der Waals surface area contributed by atoms with Gasteiger partial charge in [0, 0.05) is 19.1 Å². The van der Waals surface area contributed by atoms with Crippen LogP contribution in [-0.4, -0.2) is 39.5 Å². The molecule has 17 heavy (non-hydrogen) atoms. The van der Waals surface area contributed by atoms with Crippen LogP contribution in [0.1, 0.15) is 41.6 Å². The molecule has 0 saturated carbocycles. The van der Waals surface area contributed by atoms with Crippen molar-refractivity contribution in [1.29, 1.82) is 0 Å². The molecule has 1 aliphatic heterocycles. The van der Waals surface area contributed by atoms with E-state index in [-0.39, 0.29) is 11.9 Å². The van der Waals surface area contributed by atoms with E-state index < -0.39 is 0 Å². The van der Waals surface area contributed by atoms with Crippen molar-refractivity contribution in [2.45, 2.75) is 38.6 Å². The number of rotatable bonds is 3. The number of nitrogens with two attached hydrogens (primary N) is 1. The third kappa shape index (κ3) is 2.81. The molecule has 2 N–H and O–H groups in total. The summed E-state index contributed by atoms with van der Waals surface area (Å²) in [6.07, 6.45) is 3.59. The van der Waals surface area contributed by atoms with Crippen molar-refractivity contribution in [2.24, 2.45) is 5.73 Å². The van der Waals surface area contributed by atoms with Gasteiger partial charge in [-0.1, -0.05) is 17.8 Å². The average Bonchev–Trinajstić information content (AvgIpc) is 2.78. The zero-order valence-corrected chi connectivity index (χ0v) is 10.9. The molecular formula is C11H18N4OS. The van der Waals surface area contributed by atoms with Gasteiger partial charge in [0.25, 0.3) is 5.91 Å². The summed E-state index contributed by atoms with van der Waals surface area (Å²) < 4.78 is 3.89. The summed E-state index contributed by atoms with van der Waals surface area (Å²) in [6, 6.07) is 0.244. The fourth-order valence-corrected chi connectivity index (χ4v) is 2.69. The summed E-state index contributed by atoms with van der Waals surface area (Å²) >= 11 is 1.21. The van der Waals surface area contributed by atoms with E-state index in [1.54, 1.807) is 0 Å². The zero-order chi connectivity index (χ0) is 12.3. The number of carbonyl (C=O) groups is 1. The Balaban J connectivity index is 2.06. The van der Waals surface area contributed by atoms with Crippen molar-refractivity contribution in [3.8, 4) is 0 Å². The lowest BCUT2D eigenvalue weighted by Gasteiger charge is -2.29. The Morgan fingerprint density at radius 2 is 2.24 bits per heavy atom. The van der Waals surface area contributed by atoms with Gasteiger partial charge in [-0.25, -0.2) is 0 Å². The molecule has 1 amide bonds. The van der Waals surface area contributed by atoms with Crippen LogP contribution in [0.5, 0.6) is 0 Å². The minimum absolute atomic E-state index is 0.0790. The maximum atomic E-state index is 12.3. The highest BCUT2D eigenvalue weighted by molar-refractivity contribution is 7.08. The summed E-state index contributed by atoms with van der Waals surface area (Å²) in [5.74, 6) is 0.0790. The van der Waals surface area contributed by atoms with Crippen molar-refractivity contribution in [1.82, 2.24) is 14.5 Å². The lowest BCUT2D eigenvalue weighted by molar-refractivity contribution is 0.0718. The molecule has 0 spiro atoms. The number of likely N-dealkylation sites (tertiary alicyclic amines) is 1. The fraction of sp³-hybridized carbons (Fsp3) is 0.727. The lowest BCUT2D eigenvalue weighted by atomic mass is 10.1. The Labute approximate surface area is 105 Å². The normalized spacial score (nSPS) is 17.4. The first-order chi connectivity index (χ1) is 8.22. The van der Waals surface area contributed by atoms with Gasteiger partial charge < -0.3 is 10.6 Å². The molecule has 2 rings (SSSR count). The molecule has 0 bridgehead atoms. The Morgan fingerprint density at radius 3 is 2.88 bits per heavy atom. The van der Waals surface area contributed by atoms with E-state index in [4.69, 9.17) is 5.73 Å². The maximum absolute atomic E-state index is 12.3. The Bertz CT molecular complexity index is 385. The first-order valence-corrected chi connectivity index (χ1v) is 6.85. The third-order valence-electron chi connectivity index (χ3n) is 3.06. The summed E-state index contributed by atoms with van der Waals surface area (Å²) in [4.78, 5) is 14.9. The van der Waals surface area contributed by atoms with Crippen LogP contribution in [0.4, 0.5) is 0 Å². The van der Waals surface area contributed by atoms with Crippen LogP contribution < -0.4 is 5.73 Å². The van der Waals surface area contributed by atoms with Crippen LogP contribution in [0.15, 0.2) is 0 Å². The largest absolute Gasteiger partial charge is 0.338 e. The van der Waals surface area contributed by atoms with Crippen LogP contribution >= 0.6 is 11.5 Å². The summed E-state index contributed by atoms with van der Waals surface area (Å²) in [5.41, 5.74) is 6.68. The molecule has 1 aromatic rings. The van der Waals surface area contributed by atoms with Crippen molar-refractivity contribution in [2.75, 3.05) is 13.1 Å². The highest BCUT2D eigenvalue weighted by atomic mass is 32.1. The van der Waals surface area contributed by atoms with Gasteiger partial charge in [-0.2, -0.15) is 0 Å². The van der Waals surface area contributed by atoms with Gasteiger partial charge >= 0.3 is 0 Å². The molecule has 5 nitrogen and oxygen atoms in total. The lowest BCUT2D eigenvalue weighted by Crippen LogP contribution is -2.42. The molecule has 1 aliphatic rings. The van der Waals surface area contributed by atoms with Gasteiger partial charge in [0.2, 0.25) is 0 Å². The molecule has 0 radical (unpaired) electrons. The summed E-state index contributed by atoms with van der Waals surface area (Å²) in [5, 5.41) is 4.03. The summed E-state index contributed by atoms with van der Waals surface area (Å²) in [6.45, 7) is 3.58. The molecule has 1 saturated heterocycles. The van der Waals surface area contributed by atoms with Crippen molar-refractivity contribution >= 4 is 17.4 Å². The SMILES string of the molecule is CCCc1nnsc1C(=O)N1CCC(N)CC1. The molecular weight excluding hydrogens is 236 g/mol. The van der Waals surface area contributed by atoms with E-state index in [0.29, 0.717) is 4.88 Å². The first-order valence-electron chi connectivity index (χ1n) is 6.08. The number of hydrogen-bond donors (Lipinski definition) is 1. The molecule has 0 aromatic carbocycles. The topological polar surface area (TPSA) is 72.1 Å². The molecule has 6 heteroatoms. The minimum atomic E-state index is 0.0790. The monoisotopic (exact) mass is 254 g/mol. The highest BCUT2D eigenvalue weighted by Crippen LogP contribution is 2.18. The first kappa shape index (κ1) is 12.4. The quantitative estimate of drug-likeness (QED) is 0.875. The van der Waals surface area contributed by atoms with E-state index in [1.807, 2.05) is 4.90 Å². The number of nitrogens with zero attached hydrogens (tertiary/aromatic N) is 3. The van der Waals surface area contributed by atoms with E-state index in [0.717, 1.165) is 44.5 Å². The van der Waals surface area contributed by atoms with Gasteiger partial charge in [0.1, 0.15) is 4.88 Å². The zero-order valence-electron chi connectivity index (χ0n) is 10.1. The Morgan fingerprint density at radius 1 is 1.53 bits per heavy atom. The number of hydrogen-bond acceptors (Lipinski definition) is 5. The van der Waals surface area contributed by atoms with Gasteiger partial charge in [0.15, 0.2) is 0 Å². The summed E-state index contributed by atoms with van der Waals surface area (Å²) in [7, 11) is 0. The van der Waals surface area contributed by atoms with E-state index in [9.17, 15) is 4.79 Å². The van der Waals surface area contributed by atoms with Crippen LogP contribution in [0, 0.1) is 0 Å². The van der Waals surface area contributed by atoms with Gasteiger partial charge in [-0.15, -0.1) is 5.10 Å². The van der Waals surface area contributed by atoms with Crippen molar-refractivity contribution in [3.05, 3.63) is 10.6 Å². The second-order valence-corrected chi connectivity index (χ2v) is 5.18. The van der Waals surface area contributed by atoms with Gasteiger partial charge in [-0.05, 0) is 30.8 Å². The molecule has 0 unspecified atom stereocenters.